The lowest BCUT2D eigenvalue weighted by Crippen LogP contribution is -2.50. The van der Waals surface area contributed by atoms with Gasteiger partial charge in [-0.05, 0) is 32.9 Å². The van der Waals surface area contributed by atoms with E-state index in [1.54, 1.807) is 30.3 Å². The van der Waals surface area contributed by atoms with E-state index >= 15 is 0 Å². The summed E-state index contributed by atoms with van der Waals surface area (Å²) in [5.41, 5.74) is 1.03. The Balaban J connectivity index is 1.90. The van der Waals surface area contributed by atoms with Crippen LogP contribution in [0.3, 0.4) is 0 Å². The monoisotopic (exact) mass is 421 g/mol. The van der Waals surface area contributed by atoms with Gasteiger partial charge in [-0.25, -0.2) is 4.79 Å². The van der Waals surface area contributed by atoms with Gasteiger partial charge >= 0.3 is 13.2 Å². The van der Waals surface area contributed by atoms with E-state index in [4.69, 9.17) is 21.1 Å². The van der Waals surface area contributed by atoms with Crippen LogP contribution in [0.2, 0.25) is 5.02 Å². The molecule has 2 N–H and O–H groups in total. The number of carbonyl (C=O) groups is 1. The van der Waals surface area contributed by atoms with E-state index < -0.39 is 12.7 Å². The average Bonchev–Trinajstić information content (AvgIpc) is 2.65. The molecule has 0 saturated carbocycles. The Labute approximate surface area is 175 Å². The molecule has 29 heavy (non-hydrogen) atoms. The summed E-state index contributed by atoms with van der Waals surface area (Å²) in [5, 5.41) is 20.0. The van der Waals surface area contributed by atoms with E-state index in [9.17, 15) is 14.8 Å². The number of ether oxygens (including phenoxy) is 2. The first kappa shape index (κ1) is 21.5. The molecule has 1 fully saturated rings. The highest BCUT2D eigenvalue weighted by Gasteiger charge is 2.28. The Morgan fingerprint density at radius 2 is 1.86 bits per heavy atom. The van der Waals surface area contributed by atoms with E-state index in [-0.39, 0.29) is 16.6 Å². The molecule has 1 aliphatic rings. The summed E-state index contributed by atoms with van der Waals surface area (Å²) >= 11 is 6.25. The Bertz CT molecular complexity index is 911. The molecule has 10 heteroatoms. The molecule has 2 aromatic rings. The maximum Gasteiger partial charge on any atom is 0.490 e. The Morgan fingerprint density at radius 1 is 1.21 bits per heavy atom. The second kappa shape index (κ2) is 8.26. The number of anilines is 1. The van der Waals surface area contributed by atoms with Gasteiger partial charge in [0.05, 0.1) is 24.5 Å². The highest BCUT2D eigenvalue weighted by molar-refractivity contribution is 6.63. The third-order valence-corrected chi connectivity index (χ3v) is 5.00. The number of hydrogen-bond acceptors (Lipinski definition) is 7. The first-order valence-corrected chi connectivity index (χ1v) is 9.73. The van der Waals surface area contributed by atoms with Crippen LogP contribution in [0.25, 0.3) is 10.9 Å². The summed E-state index contributed by atoms with van der Waals surface area (Å²) in [6.45, 7) is 7.70. The van der Waals surface area contributed by atoms with Crippen molar-refractivity contribution in [2.45, 2.75) is 26.4 Å². The standard InChI is InChI=1S/C19H25BClN3O5/c1-19(2,3)29-18(25)24-7-5-23(6-8-24)17-12-9-14(21)13(20(26)27)10-15(12)22-11-16(17)28-4/h9-11,26-27H,5-8H2,1-4H3. The van der Waals surface area contributed by atoms with Gasteiger partial charge in [0.1, 0.15) is 5.60 Å². The van der Waals surface area contributed by atoms with Gasteiger partial charge in [0.2, 0.25) is 0 Å². The van der Waals surface area contributed by atoms with Crippen LogP contribution in [0.15, 0.2) is 18.3 Å². The predicted octanol–water partition coefficient (Wildman–Crippen LogP) is 1.63. The highest BCUT2D eigenvalue weighted by Crippen LogP contribution is 2.36. The van der Waals surface area contributed by atoms with Crippen LogP contribution >= 0.6 is 11.6 Å². The van der Waals surface area contributed by atoms with Crippen molar-refractivity contribution >= 4 is 46.9 Å². The molecule has 1 aliphatic heterocycles. The Kier molecular flexibility index (Phi) is 6.12. The van der Waals surface area contributed by atoms with Crippen molar-refractivity contribution in [3.8, 4) is 5.75 Å². The van der Waals surface area contributed by atoms with Crippen LogP contribution in [0.5, 0.6) is 5.75 Å². The molecule has 8 nitrogen and oxygen atoms in total. The molecule has 156 valence electrons. The molecule has 0 aliphatic carbocycles. The van der Waals surface area contributed by atoms with Crippen LogP contribution in [-0.2, 0) is 4.74 Å². The van der Waals surface area contributed by atoms with Crippen LogP contribution < -0.4 is 15.1 Å². The van der Waals surface area contributed by atoms with Gasteiger partial charge in [-0.2, -0.15) is 0 Å². The smallest absolute Gasteiger partial charge is 0.490 e. The number of rotatable bonds is 3. The zero-order valence-corrected chi connectivity index (χ0v) is 17.7. The van der Waals surface area contributed by atoms with E-state index in [1.165, 1.54) is 0 Å². The molecule has 0 atom stereocenters. The molecule has 1 aromatic heterocycles. The fraction of sp³-hybridized carbons (Fsp3) is 0.474. The number of aromatic nitrogens is 1. The number of fused-ring (bicyclic) bond motifs is 1. The zero-order valence-electron chi connectivity index (χ0n) is 17.0. The van der Waals surface area contributed by atoms with Crippen molar-refractivity contribution in [2.24, 2.45) is 0 Å². The maximum atomic E-state index is 12.3. The van der Waals surface area contributed by atoms with Crippen molar-refractivity contribution in [2.75, 3.05) is 38.2 Å². The molecule has 0 radical (unpaired) electrons. The molecule has 0 unspecified atom stereocenters. The summed E-state index contributed by atoms with van der Waals surface area (Å²) in [7, 11) is -0.117. The number of carbonyl (C=O) groups excluding carboxylic acids is 1. The van der Waals surface area contributed by atoms with Gasteiger partial charge < -0.3 is 29.3 Å². The van der Waals surface area contributed by atoms with Crippen molar-refractivity contribution in [1.82, 2.24) is 9.88 Å². The average molecular weight is 422 g/mol. The minimum Gasteiger partial charge on any atom is -0.493 e. The van der Waals surface area contributed by atoms with E-state index in [0.717, 1.165) is 11.1 Å². The quantitative estimate of drug-likeness (QED) is 0.727. The van der Waals surface area contributed by atoms with Gasteiger partial charge in [-0.3, -0.25) is 4.98 Å². The third-order valence-electron chi connectivity index (χ3n) is 4.67. The maximum absolute atomic E-state index is 12.3. The molecule has 0 bridgehead atoms. The molecule has 1 aromatic carbocycles. The lowest BCUT2D eigenvalue weighted by molar-refractivity contribution is 0.0240. The number of halogens is 1. The van der Waals surface area contributed by atoms with Crippen LogP contribution in [0.4, 0.5) is 10.5 Å². The molecule has 1 amide bonds. The molecule has 0 spiro atoms. The number of pyridine rings is 1. The summed E-state index contributed by atoms with van der Waals surface area (Å²) < 4.78 is 11.0. The molecule has 3 rings (SSSR count). The lowest BCUT2D eigenvalue weighted by atomic mass is 9.79. The largest absolute Gasteiger partial charge is 0.493 e. The summed E-state index contributed by atoms with van der Waals surface area (Å²) in [4.78, 5) is 20.5. The van der Waals surface area contributed by atoms with Gasteiger partial charge in [0, 0.05) is 42.1 Å². The summed E-state index contributed by atoms with van der Waals surface area (Å²) in [6.07, 6.45) is 1.27. The number of amides is 1. The summed E-state index contributed by atoms with van der Waals surface area (Å²) in [6, 6.07) is 3.22. The zero-order chi connectivity index (χ0) is 21.3. The van der Waals surface area contributed by atoms with Gasteiger partial charge in [-0.15, -0.1) is 0 Å². The van der Waals surface area contributed by atoms with Crippen molar-refractivity contribution in [3.05, 3.63) is 23.4 Å². The SMILES string of the molecule is COc1cnc2cc(B(O)O)c(Cl)cc2c1N1CCN(C(=O)OC(C)(C)C)CC1. The molecular weight excluding hydrogens is 396 g/mol. The topological polar surface area (TPSA) is 95.4 Å². The predicted molar refractivity (Wildman–Crippen MR) is 113 cm³/mol. The minimum absolute atomic E-state index is 0.192. The summed E-state index contributed by atoms with van der Waals surface area (Å²) in [5.74, 6) is 0.580. The second-order valence-corrected chi connectivity index (χ2v) is 8.30. The minimum atomic E-state index is -1.68. The van der Waals surface area contributed by atoms with Crippen molar-refractivity contribution in [3.63, 3.8) is 0 Å². The normalized spacial score (nSPS) is 14.9. The molecule has 1 saturated heterocycles. The number of nitrogens with zero attached hydrogens (tertiary/aromatic N) is 3. The number of hydrogen-bond donors (Lipinski definition) is 2. The van der Waals surface area contributed by atoms with Crippen molar-refractivity contribution < 1.29 is 24.3 Å². The van der Waals surface area contributed by atoms with E-state index in [0.29, 0.717) is 37.4 Å². The fourth-order valence-electron chi connectivity index (χ4n) is 3.31. The third kappa shape index (κ3) is 4.68. The highest BCUT2D eigenvalue weighted by atomic mass is 35.5. The first-order valence-electron chi connectivity index (χ1n) is 9.36. The fourth-order valence-corrected chi connectivity index (χ4v) is 3.57. The molecular formula is C19H25BClN3O5. The number of piperazine rings is 1. The second-order valence-electron chi connectivity index (χ2n) is 7.89. The Morgan fingerprint density at radius 3 is 2.41 bits per heavy atom. The van der Waals surface area contributed by atoms with Crippen LogP contribution in [0, 0.1) is 0 Å². The number of benzene rings is 1. The van der Waals surface area contributed by atoms with Gasteiger partial charge in [0.25, 0.3) is 0 Å². The van der Waals surface area contributed by atoms with Crippen LogP contribution in [0.1, 0.15) is 20.8 Å². The number of methoxy groups -OCH3 is 1. The van der Waals surface area contributed by atoms with Crippen LogP contribution in [-0.4, -0.2) is 72.0 Å². The Hall–Kier alpha value is -2.23. The first-order chi connectivity index (χ1) is 13.6. The van der Waals surface area contributed by atoms with E-state index in [2.05, 4.69) is 9.88 Å². The van der Waals surface area contributed by atoms with Gasteiger partial charge in [0.15, 0.2) is 5.75 Å². The van der Waals surface area contributed by atoms with Crippen molar-refractivity contribution in [1.29, 1.82) is 0 Å². The molecule has 2 heterocycles. The van der Waals surface area contributed by atoms with E-state index in [1.807, 2.05) is 20.8 Å². The lowest BCUT2D eigenvalue weighted by Gasteiger charge is -2.37. The van der Waals surface area contributed by atoms with Gasteiger partial charge in [-0.1, -0.05) is 11.6 Å².